The van der Waals surface area contributed by atoms with E-state index in [1.807, 2.05) is 39.0 Å². The van der Waals surface area contributed by atoms with Crippen LogP contribution in [0.3, 0.4) is 0 Å². The molecule has 4 rings (SSSR count). The molecule has 8 heteroatoms. The summed E-state index contributed by atoms with van der Waals surface area (Å²) in [5.74, 6) is -1.32. The molecule has 1 N–H and O–H groups in total. The number of ether oxygens (including phenoxy) is 1. The molecular formula is C23H20FN3O3S. The number of benzene rings is 2. The Hall–Kier alpha value is -3.52. The summed E-state index contributed by atoms with van der Waals surface area (Å²) < 4.78 is 20.1. The number of carbonyl (C=O) groups excluding carboxylic acids is 2. The highest BCUT2D eigenvalue weighted by atomic mass is 32.1. The van der Waals surface area contributed by atoms with Crippen molar-refractivity contribution in [1.82, 2.24) is 9.78 Å². The van der Waals surface area contributed by atoms with Crippen molar-refractivity contribution < 1.29 is 18.7 Å². The molecule has 158 valence electrons. The second-order valence-electron chi connectivity index (χ2n) is 7.25. The fourth-order valence-electron chi connectivity index (χ4n) is 3.16. The fourth-order valence-corrected chi connectivity index (χ4v) is 4.24. The Morgan fingerprint density at radius 1 is 1.10 bits per heavy atom. The van der Waals surface area contributed by atoms with Crippen LogP contribution in [0.4, 0.5) is 10.1 Å². The number of esters is 1. The van der Waals surface area contributed by atoms with E-state index in [4.69, 9.17) is 4.74 Å². The van der Waals surface area contributed by atoms with Gasteiger partial charge in [0.05, 0.1) is 11.4 Å². The van der Waals surface area contributed by atoms with Crippen LogP contribution in [-0.4, -0.2) is 28.3 Å². The van der Waals surface area contributed by atoms with Gasteiger partial charge in [-0.15, -0.1) is 11.3 Å². The Balaban J connectivity index is 1.48. The third-order valence-electron chi connectivity index (χ3n) is 4.82. The summed E-state index contributed by atoms with van der Waals surface area (Å²) in [4.78, 5) is 25.9. The Labute approximate surface area is 182 Å². The van der Waals surface area contributed by atoms with Gasteiger partial charge in [0.15, 0.2) is 6.61 Å². The van der Waals surface area contributed by atoms with Crippen molar-refractivity contribution in [3.63, 3.8) is 0 Å². The van der Waals surface area contributed by atoms with Crippen LogP contribution in [0.1, 0.15) is 26.5 Å². The van der Waals surface area contributed by atoms with Crippen LogP contribution in [0.5, 0.6) is 0 Å². The summed E-state index contributed by atoms with van der Waals surface area (Å²) in [5, 5.41) is 8.05. The Bertz CT molecular complexity index is 1290. The van der Waals surface area contributed by atoms with Crippen LogP contribution in [0.25, 0.3) is 15.9 Å². The molecular weight excluding hydrogens is 417 g/mol. The summed E-state index contributed by atoms with van der Waals surface area (Å²) in [7, 11) is 0. The smallest absolute Gasteiger partial charge is 0.348 e. The molecule has 2 aromatic carbocycles. The fraction of sp³-hybridized carbons (Fsp3) is 0.174. The van der Waals surface area contributed by atoms with E-state index in [1.54, 1.807) is 22.9 Å². The van der Waals surface area contributed by atoms with Crippen LogP contribution in [0, 0.1) is 26.6 Å². The lowest BCUT2D eigenvalue weighted by molar-refractivity contribution is -0.119. The maximum absolute atomic E-state index is 13.2. The molecule has 2 heterocycles. The molecule has 1 amide bonds. The first-order chi connectivity index (χ1) is 14.8. The first-order valence-electron chi connectivity index (χ1n) is 9.61. The molecule has 0 saturated carbocycles. The summed E-state index contributed by atoms with van der Waals surface area (Å²) in [6.45, 7) is 5.28. The van der Waals surface area contributed by atoms with Crippen molar-refractivity contribution in [3.05, 3.63) is 76.0 Å². The number of nitrogens with one attached hydrogen (secondary N) is 1. The second-order valence-corrected chi connectivity index (χ2v) is 8.28. The van der Waals surface area contributed by atoms with Crippen molar-refractivity contribution in [2.24, 2.45) is 0 Å². The van der Waals surface area contributed by atoms with E-state index in [0.29, 0.717) is 16.3 Å². The number of fused-ring (bicyclic) bond motifs is 1. The summed E-state index contributed by atoms with van der Waals surface area (Å²) in [5.41, 5.74) is 4.07. The van der Waals surface area contributed by atoms with Crippen LogP contribution in [0.15, 0.2) is 48.5 Å². The number of hydrogen-bond donors (Lipinski definition) is 1. The molecule has 0 aliphatic rings. The standard InChI is InChI=1S/C23H20FN3O3S/c1-13-4-5-14(2)19(10-13)25-21(28)12-30-23(29)20-11-18-15(3)26-27(22(18)31-20)17-8-6-16(24)7-9-17/h4-11H,12H2,1-3H3,(H,25,28). The number of aryl methyl sites for hydroxylation is 3. The lowest BCUT2D eigenvalue weighted by Crippen LogP contribution is -2.21. The second kappa shape index (κ2) is 8.31. The van der Waals surface area contributed by atoms with Crippen molar-refractivity contribution >= 4 is 39.1 Å². The zero-order valence-electron chi connectivity index (χ0n) is 17.2. The molecule has 0 unspecified atom stereocenters. The first kappa shape index (κ1) is 20.7. The third kappa shape index (κ3) is 4.34. The molecule has 2 aromatic heterocycles. The van der Waals surface area contributed by atoms with Gasteiger partial charge >= 0.3 is 5.97 Å². The minimum atomic E-state index is -0.581. The van der Waals surface area contributed by atoms with Crippen LogP contribution in [0.2, 0.25) is 0 Å². The molecule has 0 atom stereocenters. The molecule has 0 radical (unpaired) electrons. The maximum Gasteiger partial charge on any atom is 0.348 e. The van der Waals surface area contributed by atoms with Gasteiger partial charge in [0.25, 0.3) is 5.91 Å². The number of anilines is 1. The predicted octanol–water partition coefficient (Wildman–Crippen LogP) is 4.95. The summed E-state index contributed by atoms with van der Waals surface area (Å²) in [6, 6.07) is 13.4. The number of halogens is 1. The van der Waals surface area contributed by atoms with E-state index in [-0.39, 0.29) is 12.4 Å². The van der Waals surface area contributed by atoms with Gasteiger partial charge in [-0.1, -0.05) is 12.1 Å². The first-order valence-corrected chi connectivity index (χ1v) is 10.4. The normalized spacial score (nSPS) is 11.0. The zero-order chi connectivity index (χ0) is 22.1. The van der Waals surface area contributed by atoms with Gasteiger partial charge < -0.3 is 10.1 Å². The van der Waals surface area contributed by atoms with Crippen molar-refractivity contribution in [3.8, 4) is 5.69 Å². The molecule has 0 spiro atoms. The van der Waals surface area contributed by atoms with Gasteiger partial charge in [0.1, 0.15) is 15.5 Å². The molecule has 0 aliphatic carbocycles. The quantitative estimate of drug-likeness (QED) is 0.449. The highest BCUT2D eigenvalue weighted by Crippen LogP contribution is 2.31. The van der Waals surface area contributed by atoms with E-state index in [2.05, 4.69) is 10.4 Å². The molecule has 0 bridgehead atoms. The van der Waals surface area contributed by atoms with Crippen LogP contribution >= 0.6 is 11.3 Å². The highest BCUT2D eigenvalue weighted by molar-refractivity contribution is 7.20. The number of aromatic nitrogens is 2. The lowest BCUT2D eigenvalue weighted by atomic mass is 10.1. The third-order valence-corrected chi connectivity index (χ3v) is 5.91. The molecule has 0 fully saturated rings. The van der Waals surface area contributed by atoms with Gasteiger partial charge in [-0.05, 0) is 68.3 Å². The van der Waals surface area contributed by atoms with Crippen molar-refractivity contribution in [1.29, 1.82) is 0 Å². The van der Waals surface area contributed by atoms with Crippen molar-refractivity contribution in [2.75, 3.05) is 11.9 Å². The average Bonchev–Trinajstić information content (AvgIpc) is 3.30. The zero-order valence-corrected chi connectivity index (χ0v) is 18.0. The predicted molar refractivity (Wildman–Crippen MR) is 118 cm³/mol. The van der Waals surface area contributed by atoms with Gasteiger partial charge in [-0.25, -0.2) is 13.9 Å². The molecule has 31 heavy (non-hydrogen) atoms. The Morgan fingerprint density at radius 2 is 1.84 bits per heavy atom. The van der Waals surface area contributed by atoms with Crippen LogP contribution < -0.4 is 5.32 Å². The van der Waals surface area contributed by atoms with Gasteiger partial charge in [0.2, 0.25) is 0 Å². The van der Waals surface area contributed by atoms with E-state index in [9.17, 15) is 14.0 Å². The van der Waals surface area contributed by atoms with Gasteiger partial charge in [-0.2, -0.15) is 5.10 Å². The number of thiophene rings is 1. The van der Waals surface area contributed by atoms with Gasteiger partial charge in [-0.3, -0.25) is 4.79 Å². The molecule has 0 saturated heterocycles. The van der Waals surface area contributed by atoms with E-state index < -0.39 is 11.9 Å². The number of carbonyl (C=O) groups is 2. The number of nitrogens with zero attached hydrogens (tertiary/aromatic N) is 2. The SMILES string of the molecule is Cc1ccc(C)c(NC(=O)COC(=O)c2cc3c(C)nn(-c4ccc(F)cc4)c3s2)c1. The summed E-state index contributed by atoms with van der Waals surface area (Å²) >= 11 is 1.21. The van der Waals surface area contributed by atoms with Gasteiger partial charge in [0, 0.05) is 11.1 Å². The Morgan fingerprint density at radius 3 is 2.58 bits per heavy atom. The van der Waals surface area contributed by atoms with Crippen molar-refractivity contribution in [2.45, 2.75) is 20.8 Å². The monoisotopic (exact) mass is 437 g/mol. The number of amides is 1. The minimum Gasteiger partial charge on any atom is -0.451 e. The maximum atomic E-state index is 13.2. The molecule has 6 nitrogen and oxygen atoms in total. The average molecular weight is 437 g/mol. The van der Waals surface area contributed by atoms with E-state index in [0.717, 1.165) is 27.0 Å². The summed E-state index contributed by atoms with van der Waals surface area (Å²) in [6.07, 6.45) is 0. The molecule has 4 aromatic rings. The highest BCUT2D eigenvalue weighted by Gasteiger charge is 2.19. The minimum absolute atomic E-state index is 0.335. The lowest BCUT2D eigenvalue weighted by Gasteiger charge is -2.09. The topological polar surface area (TPSA) is 73.2 Å². The van der Waals surface area contributed by atoms with Crippen LogP contribution in [-0.2, 0) is 9.53 Å². The number of hydrogen-bond acceptors (Lipinski definition) is 5. The molecule has 0 aliphatic heterocycles. The van der Waals surface area contributed by atoms with E-state index in [1.165, 1.54) is 23.5 Å². The largest absolute Gasteiger partial charge is 0.451 e. The Kier molecular flexibility index (Phi) is 5.56. The number of rotatable bonds is 5. The van der Waals surface area contributed by atoms with E-state index >= 15 is 0 Å².